The predicted molar refractivity (Wildman–Crippen MR) is 107 cm³/mol. The second-order valence-corrected chi connectivity index (χ2v) is 6.65. The molecule has 1 aromatic carbocycles. The number of carbonyl (C=O) groups is 3. The Morgan fingerprint density at radius 2 is 1.86 bits per heavy atom. The van der Waals surface area contributed by atoms with Gasteiger partial charge in [0.1, 0.15) is 11.3 Å². The summed E-state index contributed by atoms with van der Waals surface area (Å²) < 4.78 is 5.72. The zero-order valence-electron chi connectivity index (χ0n) is 15.8. The number of barbiturate groups is 1. The van der Waals surface area contributed by atoms with Gasteiger partial charge in [0, 0.05) is 24.2 Å². The summed E-state index contributed by atoms with van der Waals surface area (Å²) in [7, 11) is 0. The first-order valence-corrected chi connectivity index (χ1v) is 9.25. The van der Waals surface area contributed by atoms with E-state index in [1.807, 2.05) is 25.7 Å². The molecule has 0 atom stereocenters. The molecule has 1 N–H and O–H groups in total. The summed E-state index contributed by atoms with van der Waals surface area (Å²) in [5, 5.41) is 2.59. The lowest BCUT2D eigenvalue weighted by Crippen LogP contribution is -2.54. The summed E-state index contributed by atoms with van der Waals surface area (Å²) in [6, 6.07) is 7.42. The molecular weight excluding hydrogens is 382 g/mol. The molecule has 3 rings (SSSR count). The Kier molecular flexibility index (Phi) is 5.56. The number of anilines is 2. The number of carbonyl (C=O) groups excluding carboxylic acids is 3. The Balaban J connectivity index is 1.95. The van der Waals surface area contributed by atoms with Gasteiger partial charge in [-0.2, -0.15) is 0 Å². The number of imide groups is 2. The van der Waals surface area contributed by atoms with Gasteiger partial charge in [-0.15, -0.1) is 0 Å². The van der Waals surface area contributed by atoms with Crippen molar-refractivity contribution in [2.75, 3.05) is 22.9 Å². The molecule has 4 amide bonds. The lowest BCUT2D eigenvalue weighted by molar-refractivity contribution is -0.122. The second kappa shape index (κ2) is 7.90. The number of halogens is 1. The van der Waals surface area contributed by atoms with E-state index in [-0.39, 0.29) is 11.3 Å². The van der Waals surface area contributed by atoms with Crippen molar-refractivity contribution in [1.29, 1.82) is 0 Å². The molecule has 0 spiro atoms. The summed E-state index contributed by atoms with van der Waals surface area (Å²) in [5.74, 6) is -0.532. The highest BCUT2D eigenvalue weighted by atomic mass is 35.5. The maximum atomic E-state index is 12.9. The molecule has 1 saturated heterocycles. The van der Waals surface area contributed by atoms with Crippen molar-refractivity contribution in [3.8, 4) is 0 Å². The first kappa shape index (κ1) is 19.7. The Labute approximate surface area is 167 Å². The van der Waals surface area contributed by atoms with Crippen molar-refractivity contribution < 1.29 is 18.8 Å². The van der Waals surface area contributed by atoms with Crippen LogP contribution in [0.3, 0.4) is 0 Å². The fourth-order valence-electron chi connectivity index (χ4n) is 2.88. The minimum atomic E-state index is -0.824. The number of hydrogen-bond acceptors (Lipinski definition) is 5. The van der Waals surface area contributed by atoms with Crippen LogP contribution in [0.5, 0.6) is 0 Å². The van der Waals surface area contributed by atoms with Crippen LogP contribution in [-0.2, 0) is 9.59 Å². The number of urea groups is 1. The van der Waals surface area contributed by atoms with Gasteiger partial charge < -0.3 is 9.32 Å². The summed E-state index contributed by atoms with van der Waals surface area (Å²) in [4.78, 5) is 40.3. The highest BCUT2D eigenvalue weighted by Gasteiger charge is 2.37. The van der Waals surface area contributed by atoms with Crippen LogP contribution in [0.15, 0.2) is 40.3 Å². The first-order valence-electron chi connectivity index (χ1n) is 8.88. The topological polar surface area (TPSA) is 82.9 Å². The number of hydrogen-bond donors (Lipinski definition) is 1. The Bertz CT molecular complexity index is 976. The van der Waals surface area contributed by atoms with Crippen LogP contribution in [0, 0.1) is 6.92 Å². The molecule has 8 heteroatoms. The quantitative estimate of drug-likeness (QED) is 0.609. The Morgan fingerprint density at radius 1 is 1.14 bits per heavy atom. The average Bonchev–Trinajstić information content (AvgIpc) is 3.11. The van der Waals surface area contributed by atoms with E-state index >= 15 is 0 Å². The van der Waals surface area contributed by atoms with Gasteiger partial charge in [0.15, 0.2) is 5.88 Å². The van der Waals surface area contributed by atoms with Crippen molar-refractivity contribution in [2.45, 2.75) is 20.8 Å². The third-order valence-electron chi connectivity index (χ3n) is 4.49. The van der Waals surface area contributed by atoms with Gasteiger partial charge in [-0.3, -0.25) is 14.9 Å². The first-order chi connectivity index (χ1) is 13.3. The molecule has 2 aromatic rings. The van der Waals surface area contributed by atoms with Crippen LogP contribution in [0.4, 0.5) is 16.4 Å². The summed E-state index contributed by atoms with van der Waals surface area (Å²) in [6.07, 6.45) is 1.33. The van der Waals surface area contributed by atoms with Gasteiger partial charge >= 0.3 is 6.03 Å². The van der Waals surface area contributed by atoms with Gasteiger partial charge in [0.25, 0.3) is 11.8 Å². The van der Waals surface area contributed by atoms with Crippen LogP contribution < -0.4 is 15.1 Å². The van der Waals surface area contributed by atoms with E-state index in [0.717, 1.165) is 23.6 Å². The van der Waals surface area contributed by atoms with E-state index in [2.05, 4.69) is 5.32 Å². The zero-order chi connectivity index (χ0) is 20.4. The number of rotatable bonds is 5. The van der Waals surface area contributed by atoms with Crippen LogP contribution in [0.25, 0.3) is 6.08 Å². The molecule has 28 heavy (non-hydrogen) atoms. The van der Waals surface area contributed by atoms with E-state index < -0.39 is 17.8 Å². The minimum Gasteiger partial charge on any atom is -0.441 e. The molecule has 2 heterocycles. The van der Waals surface area contributed by atoms with E-state index in [9.17, 15) is 14.4 Å². The smallest absolute Gasteiger partial charge is 0.335 e. The monoisotopic (exact) mass is 401 g/mol. The van der Waals surface area contributed by atoms with E-state index in [1.165, 1.54) is 12.1 Å². The number of aryl methyl sites for hydroxylation is 1. The molecule has 146 valence electrons. The lowest BCUT2D eigenvalue weighted by atomic mass is 10.1. The van der Waals surface area contributed by atoms with Crippen molar-refractivity contribution >= 4 is 47.1 Å². The van der Waals surface area contributed by atoms with Gasteiger partial charge in [0.05, 0.1) is 5.69 Å². The molecular formula is C20H20ClN3O4. The molecule has 0 aliphatic carbocycles. The predicted octanol–water partition coefficient (Wildman–Crippen LogP) is 3.75. The Hall–Kier alpha value is -3.06. The molecule has 0 saturated carbocycles. The zero-order valence-corrected chi connectivity index (χ0v) is 16.5. The van der Waals surface area contributed by atoms with E-state index in [4.69, 9.17) is 16.0 Å². The number of furan rings is 1. The molecule has 0 unspecified atom stereocenters. The number of benzene rings is 1. The standard InChI is InChI=1S/C20H20ClN3O4/c1-4-23(5-2)17-9-8-14(28-17)11-15-18(25)22-20(27)24(19(15)26)13-7-6-12(3)16(21)10-13/h6-11H,4-5H2,1-3H3,(H,22,25,27)/b15-11-. The maximum absolute atomic E-state index is 12.9. The molecule has 0 radical (unpaired) electrons. The largest absolute Gasteiger partial charge is 0.441 e. The molecule has 1 aromatic heterocycles. The fraction of sp³-hybridized carbons (Fsp3) is 0.250. The Morgan fingerprint density at radius 3 is 2.50 bits per heavy atom. The highest BCUT2D eigenvalue weighted by Crippen LogP contribution is 2.27. The van der Waals surface area contributed by atoms with Crippen molar-refractivity contribution in [3.63, 3.8) is 0 Å². The summed E-state index contributed by atoms with van der Waals surface area (Å²) in [5.41, 5.74) is 0.887. The number of nitrogens with zero attached hydrogens (tertiary/aromatic N) is 2. The van der Waals surface area contributed by atoms with Crippen molar-refractivity contribution in [2.24, 2.45) is 0 Å². The average molecular weight is 402 g/mol. The van der Waals surface area contributed by atoms with Crippen molar-refractivity contribution in [3.05, 3.63) is 52.3 Å². The van der Waals surface area contributed by atoms with Gasteiger partial charge in [0.2, 0.25) is 0 Å². The third-order valence-corrected chi connectivity index (χ3v) is 4.90. The van der Waals surface area contributed by atoms with E-state index in [0.29, 0.717) is 16.7 Å². The minimum absolute atomic E-state index is 0.197. The maximum Gasteiger partial charge on any atom is 0.335 e. The second-order valence-electron chi connectivity index (χ2n) is 6.24. The molecule has 0 bridgehead atoms. The molecule has 1 aliphatic heterocycles. The molecule has 1 fully saturated rings. The number of amides is 4. The lowest BCUT2D eigenvalue weighted by Gasteiger charge is -2.26. The summed E-state index contributed by atoms with van der Waals surface area (Å²) >= 11 is 6.11. The van der Waals surface area contributed by atoms with Crippen molar-refractivity contribution in [1.82, 2.24) is 5.32 Å². The molecule has 1 aliphatic rings. The fourth-order valence-corrected chi connectivity index (χ4v) is 3.05. The summed E-state index contributed by atoms with van der Waals surface area (Å²) in [6.45, 7) is 7.33. The van der Waals surface area contributed by atoms with Crippen LogP contribution in [0.1, 0.15) is 25.2 Å². The van der Waals surface area contributed by atoms with Gasteiger partial charge in [-0.25, -0.2) is 9.69 Å². The molecule has 7 nitrogen and oxygen atoms in total. The van der Waals surface area contributed by atoms with Crippen LogP contribution in [-0.4, -0.2) is 30.9 Å². The van der Waals surface area contributed by atoms with E-state index in [1.54, 1.807) is 24.3 Å². The van der Waals surface area contributed by atoms with Gasteiger partial charge in [-0.1, -0.05) is 17.7 Å². The van der Waals surface area contributed by atoms with Crippen LogP contribution in [0.2, 0.25) is 5.02 Å². The highest BCUT2D eigenvalue weighted by molar-refractivity contribution is 6.39. The third kappa shape index (κ3) is 3.66. The SMILES string of the molecule is CCN(CC)c1ccc(/C=C2/C(=O)NC(=O)N(c3ccc(C)c(Cl)c3)C2=O)o1. The van der Waals surface area contributed by atoms with Gasteiger partial charge in [-0.05, 0) is 50.6 Å². The normalized spacial score (nSPS) is 15.9. The number of nitrogens with one attached hydrogen (secondary N) is 1. The van der Waals surface area contributed by atoms with Crippen LogP contribution >= 0.6 is 11.6 Å².